The van der Waals surface area contributed by atoms with Crippen molar-refractivity contribution < 1.29 is 18.1 Å². The Morgan fingerprint density at radius 2 is 1.50 bits per heavy atom. The molecular formula is C14H29NO4Si. The van der Waals surface area contributed by atoms with Crippen LogP contribution in [0.15, 0.2) is 0 Å². The predicted molar refractivity (Wildman–Crippen MR) is 80.5 cm³/mol. The molecule has 118 valence electrons. The summed E-state index contributed by atoms with van der Waals surface area (Å²) in [6.07, 6.45) is 2.60. The van der Waals surface area contributed by atoms with Gasteiger partial charge in [0.05, 0.1) is 6.17 Å². The van der Waals surface area contributed by atoms with E-state index in [0.29, 0.717) is 25.6 Å². The number of likely N-dealkylation sites (tertiary alicyclic amines) is 1. The quantitative estimate of drug-likeness (QED) is 0.609. The lowest BCUT2D eigenvalue weighted by atomic mass is 9.94. The molecule has 0 aromatic rings. The van der Waals surface area contributed by atoms with E-state index in [9.17, 15) is 4.79 Å². The number of carbonyl (C=O) groups is 1. The van der Waals surface area contributed by atoms with Crippen LogP contribution in [0, 0.1) is 5.92 Å². The van der Waals surface area contributed by atoms with Crippen molar-refractivity contribution in [2.45, 2.75) is 40.5 Å². The van der Waals surface area contributed by atoms with Crippen LogP contribution in [0.3, 0.4) is 0 Å². The van der Waals surface area contributed by atoms with Crippen LogP contribution in [0.4, 0.5) is 0 Å². The lowest BCUT2D eigenvalue weighted by Crippen LogP contribution is -2.56. The lowest BCUT2D eigenvalue weighted by molar-refractivity contribution is -0.122. The first-order valence-corrected chi connectivity index (χ1v) is 9.64. The molecule has 0 radical (unpaired) electrons. The minimum absolute atomic E-state index is 0.230. The molecule has 0 aromatic carbocycles. The number of nitrogens with zero attached hydrogens (tertiary/aromatic N) is 1. The first-order valence-electron chi connectivity index (χ1n) is 7.71. The largest absolute Gasteiger partial charge is 0.515 e. The Morgan fingerprint density at radius 3 is 1.85 bits per heavy atom. The summed E-state index contributed by atoms with van der Waals surface area (Å²) in [4.78, 5) is 13.7. The summed E-state index contributed by atoms with van der Waals surface area (Å²) in [6, 6.07) is 0. The van der Waals surface area contributed by atoms with Gasteiger partial charge in [-0.2, -0.15) is 0 Å². The van der Waals surface area contributed by atoms with E-state index in [-0.39, 0.29) is 5.92 Å². The molecule has 0 unspecified atom stereocenters. The predicted octanol–water partition coefficient (Wildman–Crippen LogP) is 1.87. The van der Waals surface area contributed by atoms with Crippen molar-refractivity contribution >= 4 is 14.6 Å². The first-order chi connectivity index (χ1) is 9.56. The third-order valence-corrected chi connectivity index (χ3v) is 6.69. The van der Waals surface area contributed by atoms with E-state index in [2.05, 4.69) is 4.90 Å². The number of hydrogen-bond acceptors (Lipinski definition) is 5. The fourth-order valence-electron chi connectivity index (χ4n) is 2.69. The highest BCUT2D eigenvalue weighted by atomic mass is 28.4. The normalized spacial score (nSPS) is 18.4. The molecule has 0 N–H and O–H groups in total. The Morgan fingerprint density at radius 1 is 1.05 bits per heavy atom. The van der Waals surface area contributed by atoms with Gasteiger partial charge in [0.15, 0.2) is 0 Å². The SMILES string of the molecule is CCO[Si](CN1CCC(C(C)=O)CC1)(OCC)OCC. The van der Waals surface area contributed by atoms with Crippen molar-refractivity contribution in [1.29, 1.82) is 0 Å². The van der Waals surface area contributed by atoms with Crippen molar-refractivity contribution in [1.82, 2.24) is 4.90 Å². The monoisotopic (exact) mass is 303 g/mol. The smallest absolute Gasteiger partial charge is 0.373 e. The van der Waals surface area contributed by atoms with Gasteiger partial charge in [-0.15, -0.1) is 0 Å². The van der Waals surface area contributed by atoms with E-state index in [1.165, 1.54) is 0 Å². The van der Waals surface area contributed by atoms with E-state index < -0.39 is 8.80 Å². The third-order valence-electron chi connectivity index (χ3n) is 3.67. The van der Waals surface area contributed by atoms with Crippen LogP contribution in [-0.2, 0) is 18.1 Å². The molecule has 5 nitrogen and oxygen atoms in total. The van der Waals surface area contributed by atoms with Gasteiger partial charge in [0.2, 0.25) is 0 Å². The fraction of sp³-hybridized carbons (Fsp3) is 0.929. The fourth-order valence-corrected chi connectivity index (χ4v) is 5.40. The van der Waals surface area contributed by atoms with Gasteiger partial charge in [-0.1, -0.05) is 0 Å². The molecule has 1 heterocycles. The van der Waals surface area contributed by atoms with Crippen molar-refractivity contribution in [3.63, 3.8) is 0 Å². The summed E-state index contributed by atoms with van der Waals surface area (Å²) >= 11 is 0. The van der Waals surface area contributed by atoms with Crippen LogP contribution >= 0.6 is 0 Å². The third kappa shape index (κ3) is 5.25. The van der Waals surface area contributed by atoms with Gasteiger partial charge in [0.1, 0.15) is 5.78 Å². The highest BCUT2D eigenvalue weighted by molar-refractivity contribution is 6.60. The summed E-state index contributed by atoms with van der Waals surface area (Å²) < 4.78 is 17.6. The molecule has 0 atom stereocenters. The molecule has 0 aliphatic carbocycles. The van der Waals surface area contributed by atoms with Gasteiger partial charge in [0.25, 0.3) is 0 Å². The molecule has 0 aromatic heterocycles. The molecule has 0 spiro atoms. The number of rotatable bonds is 9. The van der Waals surface area contributed by atoms with Gasteiger partial charge >= 0.3 is 8.80 Å². The van der Waals surface area contributed by atoms with Crippen molar-refractivity contribution in [3.05, 3.63) is 0 Å². The summed E-state index contributed by atoms with van der Waals surface area (Å²) in [5.41, 5.74) is 0. The van der Waals surface area contributed by atoms with E-state index >= 15 is 0 Å². The Balaban J connectivity index is 2.58. The van der Waals surface area contributed by atoms with Crippen LogP contribution in [0.25, 0.3) is 0 Å². The van der Waals surface area contributed by atoms with E-state index in [1.54, 1.807) is 6.92 Å². The first kappa shape index (κ1) is 17.8. The van der Waals surface area contributed by atoms with Crippen molar-refractivity contribution in [3.8, 4) is 0 Å². The standard InChI is InChI=1S/C14H29NO4Si/c1-5-17-20(18-6-2,19-7-3)12-15-10-8-14(9-11-15)13(4)16/h14H,5-12H2,1-4H3. The van der Waals surface area contributed by atoms with Crippen LogP contribution in [0.2, 0.25) is 0 Å². The molecule has 0 amide bonds. The van der Waals surface area contributed by atoms with Gasteiger partial charge in [0, 0.05) is 25.7 Å². The number of piperidine rings is 1. The summed E-state index contributed by atoms with van der Waals surface area (Å²) in [5.74, 6) is 0.543. The molecule has 1 aliphatic heterocycles. The zero-order valence-electron chi connectivity index (χ0n) is 13.3. The van der Waals surface area contributed by atoms with Crippen LogP contribution in [-0.4, -0.2) is 58.6 Å². The average Bonchev–Trinajstić information content (AvgIpc) is 2.40. The summed E-state index contributed by atoms with van der Waals surface area (Å²) in [6.45, 7) is 11.3. The van der Waals surface area contributed by atoms with E-state index in [1.807, 2.05) is 20.8 Å². The Hall–Kier alpha value is -0.273. The Bertz CT molecular complexity index is 276. The van der Waals surface area contributed by atoms with E-state index in [0.717, 1.165) is 32.1 Å². The highest BCUT2D eigenvalue weighted by Gasteiger charge is 2.43. The lowest BCUT2D eigenvalue weighted by Gasteiger charge is -2.36. The molecule has 6 heteroatoms. The average molecular weight is 303 g/mol. The van der Waals surface area contributed by atoms with Gasteiger partial charge in [-0.05, 0) is 53.6 Å². The number of carbonyl (C=O) groups excluding carboxylic acids is 1. The zero-order valence-corrected chi connectivity index (χ0v) is 14.3. The molecule has 0 saturated carbocycles. The maximum absolute atomic E-state index is 11.4. The molecule has 20 heavy (non-hydrogen) atoms. The van der Waals surface area contributed by atoms with Gasteiger partial charge in [-0.3, -0.25) is 9.69 Å². The molecule has 1 saturated heterocycles. The molecule has 1 aliphatic rings. The zero-order chi connectivity index (χ0) is 15.0. The van der Waals surface area contributed by atoms with E-state index in [4.69, 9.17) is 13.3 Å². The Kier molecular flexibility index (Phi) is 7.90. The number of Topliss-reactive ketones (excluding diaryl/α,β-unsaturated/α-hetero) is 1. The van der Waals surface area contributed by atoms with Crippen LogP contribution in [0.5, 0.6) is 0 Å². The summed E-state index contributed by atoms with van der Waals surface area (Å²) in [5, 5.41) is 0. The summed E-state index contributed by atoms with van der Waals surface area (Å²) in [7, 11) is -2.59. The highest BCUT2D eigenvalue weighted by Crippen LogP contribution is 2.21. The second-order valence-corrected chi connectivity index (χ2v) is 7.69. The molecule has 1 fully saturated rings. The van der Waals surface area contributed by atoms with Crippen molar-refractivity contribution in [2.75, 3.05) is 39.1 Å². The van der Waals surface area contributed by atoms with Crippen molar-refractivity contribution in [2.24, 2.45) is 5.92 Å². The molecule has 1 rings (SSSR count). The maximum atomic E-state index is 11.4. The maximum Gasteiger partial charge on any atom is 0.515 e. The number of ketones is 1. The number of hydrogen-bond donors (Lipinski definition) is 0. The van der Waals surface area contributed by atoms with Gasteiger partial charge in [-0.25, -0.2) is 0 Å². The van der Waals surface area contributed by atoms with Crippen LogP contribution < -0.4 is 0 Å². The Labute approximate surface area is 123 Å². The minimum atomic E-state index is -2.59. The van der Waals surface area contributed by atoms with Crippen LogP contribution in [0.1, 0.15) is 40.5 Å². The second kappa shape index (κ2) is 8.89. The molecule has 0 bridgehead atoms. The second-order valence-electron chi connectivity index (χ2n) is 5.14. The topological polar surface area (TPSA) is 48.0 Å². The minimum Gasteiger partial charge on any atom is -0.373 e. The van der Waals surface area contributed by atoms with Gasteiger partial charge < -0.3 is 13.3 Å². The molecular weight excluding hydrogens is 274 g/mol.